The van der Waals surface area contributed by atoms with Crippen LogP contribution in [0.1, 0.15) is 39.0 Å². The molecule has 1 aliphatic rings. The topological polar surface area (TPSA) is 3.24 Å². The highest BCUT2D eigenvalue weighted by Gasteiger charge is 2.22. The van der Waals surface area contributed by atoms with Gasteiger partial charge in [0, 0.05) is 18.3 Å². The molecule has 1 nitrogen and oxygen atoms in total. The maximum Gasteiger partial charge on any atom is 0.125 e. The predicted molar refractivity (Wildman–Crippen MR) is 65.7 cm³/mol. The van der Waals surface area contributed by atoms with Crippen LogP contribution < -0.4 is 4.90 Å². The molecule has 0 N–H and O–H groups in total. The zero-order chi connectivity index (χ0) is 11.4. The summed E-state index contributed by atoms with van der Waals surface area (Å²) < 4.78 is 13.2. The molecule has 16 heavy (non-hydrogen) atoms. The van der Waals surface area contributed by atoms with Crippen molar-refractivity contribution in [2.24, 2.45) is 0 Å². The van der Waals surface area contributed by atoms with Crippen LogP contribution in [0, 0.1) is 12.4 Å². The molecule has 0 unspecified atom stereocenters. The highest BCUT2D eigenvalue weighted by Crippen LogP contribution is 2.29. The zero-order valence-electron chi connectivity index (χ0n) is 9.82. The summed E-state index contributed by atoms with van der Waals surface area (Å²) in [5.74, 6) is -0.147. The fourth-order valence-electron chi connectivity index (χ4n) is 2.44. The Morgan fingerprint density at radius 2 is 2.31 bits per heavy atom. The van der Waals surface area contributed by atoms with E-state index in [0.29, 0.717) is 6.04 Å². The van der Waals surface area contributed by atoms with E-state index in [1.165, 1.54) is 31.7 Å². The Hall–Kier alpha value is -1.05. The second kappa shape index (κ2) is 5.33. The minimum Gasteiger partial charge on any atom is -0.363 e. The highest BCUT2D eigenvalue weighted by molar-refractivity contribution is 5.49. The summed E-state index contributed by atoms with van der Waals surface area (Å²) in [6, 6.07) is 7.47. The van der Waals surface area contributed by atoms with Crippen molar-refractivity contribution >= 4 is 5.69 Å². The van der Waals surface area contributed by atoms with Gasteiger partial charge in [-0.1, -0.05) is 19.4 Å². The van der Waals surface area contributed by atoms with E-state index in [2.05, 4.69) is 18.4 Å². The molecule has 1 radical (unpaired) electrons. The Morgan fingerprint density at radius 1 is 1.44 bits per heavy atom. The standard InChI is InChI=1S/C14H19FN/c1-2-6-13-8-3-4-10-16(13)14-9-5-7-12(15)11-14/h5,7,9-11,13H,2-4,6,8H2,1H3/t13-/m1/s1. The minimum absolute atomic E-state index is 0.147. The Balaban J connectivity index is 2.16. The largest absolute Gasteiger partial charge is 0.363 e. The van der Waals surface area contributed by atoms with Crippen molar-refractivity contribution in [3.8, 4) is 0 Å². The summed E-state index contributed by atoms with van der Waals surface area (Å²) in [6.07, 6.45) is 5.96. The van der Waals surface area contributed by atoms with E-state index >= 15 is 0 Å². The molecular formula is C14H19FN. The first-order valence-corrected chi connectivity index (χ1v) is 6.18. The second-order valence-electron chi connectivity index (χ2n) is 4.44. The lowest BCUT2D eigenvalue weighted by Gasteiger charge is -2.37. The maximum atomic E-state index is 13.2. The van der Waals surface area contributed by atoms with Gasteiger partial charge in [0.2, 0.25) is 0 Å². The summed E-state index contributed by atoms with van der Waals surface area (Å²) in [5, 5.41) is 0. The molecule has 1 aromatic carbocycles. The third-order valence-electron chi connectivity index (χ3n) is 3.19. The fourth-order valence-corrected chi connectivity index (χ4v) is 2.44. The van der Waals surface area contributed by atoms with E-state index in [-0.39, 0.29) is 5.82 Å². The molecule has 1 fully saturated rings. The van der Waals surface area contributed by atoms with Crippen molar-refractivity contribution in [3.05, 3.63) is 36.6 Å². The number of piperidine rings is 1. The number of anilines is 1. The number of nitrogens with zero attached hydrogens (tertiary/aromatic N) is 1. The van der Waals surface area contributed by atoms with Crippen LogP contribution in [-0.2, 0) is 0 Å². The predicted octanol–water partition coefficient (Wildman–Crippen LogP) is 4.15. The molecule has 2 rings (SSSR count). The number of benzene rings is 1. The van der Waals surface area contributed by atoms with E-state index in [1.807, 2.05) is 6.07 Å². The van der Waals surface area contributed by atoms with Crippen LogP contribution >= 0.6 is 0 Å². The van der Waals surface area contributed by atoms with E-state index in [0.717, 1.165) is 12.1 Å². The van der Waals surface area contributed by atoms with Crippen molar-refractivity contribution < 1.29 is 4.39 Å². The summed E-state index contributed by atoms with van der Waals surface area (Å²) in [5.41, 5.74) is 0.998. The van der Waals surface area contributed by atoms with Gasteiger partial charge in [0.05, 0.1) is 0 Å². The third kappa shape index (κ3) is 2.55. The normalized spacial score (nSPS) is 21.1. The Bertz CT molecular complexity index is 335. The van der Waals surface area contributed by atoms with Crippen molar-refractivity contribution in [3.63, 3.8) is 0 Å². The van der Waals surface area contributed by atoms with Gasteiger partial charge < -0.3 is 4.90 Å². The number of hydrogen-bond donors (Lipinski definition) is 0. The number of hydrogen-bond acceptors (Lipinski definition) is 1. The monoisotopic (exact) mass is 220 g/mol. The van der Waals surface area contributed by atoms with Gasteiger partial charge in [-0.25, -0.2) is 4.39 Å². The van der Waals surface area contributed by atoms with E-state index in [9.17, 15) is 4.39 Å². The van der Waals surface area contributed by atoms with E-state index in [4.69, 9.17) is 0 Å². The summed E-state index contributed by atoms with van der Waals surface area (Å²) in [4.78, 5) is 2.26. The van der Waals surface area contributed by atoms with Crippen LogP contribution in [0.3, 0.4) is 0 Å². The Labute approximate surface area is 97.3 Å². The van der Waals surface area contributed by atoms with Crippen LogP contribution in [0.5, 0.6) is 0 Å². The Kier molecular flexibility index (Phi) is 3.81. The van der Waals surface area contributed by atoms with Gasteiger partial charge in [0.15, 0.2) is 0 Å². The Morgan fingerprint density at radius 3 is 3.06 bits per heavy atom. The minimum atomic E-state index is -0.147. The van der Waals surface area contributed by atoms with Crippen LogP contribution in [0.25, 0.3) is 0 Å². The van der Waals surface area contributed by atoms with Crippen LogP contribution in [0.2, 0.25) is 0 Å². The van der Waals surface area contributed by atoms with Crippen LogP contribution in [0.15, 0.2) is 24.3 Å². The van der Waals surface area contributed by atoms with Gasteiger partial charge in [-0.05, 0) is 43.9 Å². The molecule has 0 aromatic heterocycles. The number of rotatable bonds is 3. The smallest absolute Gasteiger partial charge is 0.125 e. The molecule has 1 aliphatic heterocycles. The lowest BCUT2D eigenvalue weighted by molar-refractivity contribution is 0.467. The molecule has 87 valence electrons. The van der Waals surface area contributed by atoms with Gasteiger partial charge in [-0.15, -0.1) is 0 Å². The first-order chi connectivity index (χ1) is 7.81. The molecule has 1 heterocycles. The van der Waals surface area contributed by atoms with Gasteiger partial charge in [-0.2, -0.15) is 0 Å². The fraction of sp³-hybridized carbons (Fsp3) is 0.500. The lowest BCUT2D eigenvalue weighted by atomic mass is 9.97. The average molecular weight is 220 g/mol. The molecule has 1 saturated heterocycles. The molecule has 0 spiro atoms. The van der Waals surface area contributed by atoms with Gasteiger partial charge in [0.25, 0.3) is 0 Å². The van der Waals surface area contributed by atoms with Gasteiger partial charge in [0.1, 0.15) is 5.82 Å². The number of halogens is 1. The first-order valence-electron chi connectivity index (χ1n) is 6.18. The van der Waals surface area contributed by atoms with Crippen molar-refractivity contribution in [2.45, 2.75) is 45.1 Å². The summed E-state index contributed by atoms with van der Waals surface area (Å²) >= 11 is 0. The molecule has 1 atom stereocenters. The molecule has 2 heteroatoms. The zero-order valence-corrected chi connectivity index (χ0v) is 9.82. The summed E-state index contributed by atoms with van der Waals surface area (Å²) in [7, 11) is 0. The van der Waals surface area contributed by atoms with Crippen molar-refractivity contribution in [1.82, 2.24) is 0 Å². The van der Waals surface area contributed by atoms with Crippen LogP contribution in [-0.4, -0.2) is 6.04 Å². The first kappa shape index (κ1) is 11.4. The second-order valence-corrected chi connectivity index (χ2v) is 4.44. The molecule has 0 aliphatic carbocycles. The third-order valence-corrected chi connectivity index (χ3v) is 3.19. The molecule has 0 amide bonds. The molecule has 1 aromatic rings. The molecular weight excluding hydrogens is 201 g/mol. The molecule has 0 bridgehead atoms. The van der Waals surface area contributed by atoms with Crippen molar-refractivity contribution in [1.29, 1.82) is 0 Å². The van der Waals surface area contributed by atoms with Crippen molar-refractivity contribution in [2.75, 3.05) is 4.90 Å². The SMILES string of the molecule is CCC[C@@H]1CCC[CH]N1c1cccc(F)c1. The van der Waals surface area contributed by atoms with E-state index < -0.39 is 0 Å². The van der Waals surface area contributed by atoms with Gasteiger partial charge in [-0.3, -0.25) is 0 Å². The molecule has 0 saturated carbocycles. The quantitative estimate of drug-likeness (QED) is 0.739. The van der Waals surface area contributed by atoms with E-state index in [1.54, 1.807) is 12.1 Å². The lowest BCUT2D eigenvalue weighted by Crippen LogP contribution is -2.36. The highest BCUT2D eigenvalue weighted by atomic mass is 19.1. The maximum absolute atomic E-state index is 13.2. The average Bonchev–Trinajstić information content (AvgIpc) is 2.30. The van der Waals surface area contributed by atoms with Gasteiger partial charge >= 0.3 is 0 Å². The van der Waals surface area contributed by atoms with Crippen LogP contribution in [0.4, 0.5) is 10.1 Å². The summed E-state index contributed by atoms with van der Waals surface area (Å²) in [6.45, 7) is 4.43.